The fraction of sp³-hybridized carbons (Fsp3) is 0.176. The maximum Gasteiger partial charge on any atom is 0.271 e. The van der Waals surface area contributed by atoms with Gasteiger partial charge in [-0.05, 0) is 35.9 Å². The molecule has 0 aromatic heterocycles. The molecule has 0 radical (unpaired) electrons. The van der Waals surface area contributed by atoms with Crippen LogP contribution in [0.4, 0.5) is 5.69 Å². The fourth-order valence-electron chi connectivity index (χ4n) is 1.85. The summed E-state index contributed by atoms with van der Waals surface area (Å²) in [4.78, 5) is 14.0. The molecular weight excluding hydrogens is 278 g/mol. The van der Waals surface area contributed by atoms with Crippen LogP contribution in [0.3, 0.4) is 0 Å². The summed E-state index contributed by atoms with van der Waals surface area (Å²) >= 11 is 0. The minimum Gasteiger partial charge on any atom is -0.497 e. The number of carbonyl (C=O) groups excluding carboxylic acids is 1. The molecule has 2 rings (SSSR count). The van der Waals surface area contributed by atoms with Crippen LogP contribution in [0.25, 0.3) is 0 Å². The Hall–Kier alpha value is -2.82. The lowest BCUT2D eigenvalue weighted by atomic mass is 10.2. The first kappa shape index (κ1) is 15.6. The third kappa shape index (κ3) is 4.09. The summed E-state index contributed by atoms with van der Waals surface area (Å²) in [6.45, 7) is 0. The molecule has 5 heteroatoms. The van der Waals surface area contributed by atoms with Crippen molar-refractivity contribution in [3.8, 4) is 5.75 Å². The summed E-state index contributed by atoms with van der Waals surface area (Å²) in [5.74, 6) is 0.357. The average molecular weight is 297 g/mol. The molecule has 0 fully saturated rings. The van der Waals surface area contributed by atoms with Crippen molar-refractivity contribution in [2.75, 3.05) is 26.1 Å². The lowest BCUT2D eigenvalue weighted by Crippen LogP contribution is -2.17. The van der Waals surface area contributed by atoms with E-state index in [0.717, 1.165) is 11.3 Å². The van der Waals surface area contributed by atoms with Gasteiger partial charge in [-0.3, -0.25) is 4.79 Å². The molecule has 114 valence electrons. The first-order valence-corrected chi connectivity index (χ1v) is 6.85. The standard InChI is InChI=1S/C17H19N3O2/c1-20(2)15-9-7-13(8-10-15)12-18-19-17(21)14-5-4-6-16(11-14)22-3/h4-12H,1-3H3,(H,19,21)/b18-12+. The molecule has 0 saturated carbocycles. The third-order valence-electron chi connectivity index (χ3n) is 3.12. The van der Waals surface area contributed by atoms with Crippen LogP contribution in [0.15, 0.2) is 53.6 Å². The number of benzene rings is 2. The number of anilines is 1. The van der Waals surface area contributed by atoms with Gasteiger partial charge in [0, 0.05) is 25.3 Å². The van der Waals surface area contributed by atoms with E-state index in [2.05, 4.69) is 10.5 Å². The van der Waals surface area contributed by atoms with Crippen LogP contribution in [-0.4, -0.2) is 33.3 Å². The van der Waals surface area contributed by atoms with E-state index in [9.17, 15) is 4.79 Å². The van der Waals surface area contributed by atoms with Crippen molar-refractivity contribution in [1.29, 1.82) is 0 Å². The summed E-state index contributed by atoms with van der Waals surface area (Å²) in [5.41, 5.74) is 5.02. The Labute approximate surface area is 130 Å². The van der Waals surface area contributed by atoms with Gasteiger partial charge in [0.15, 0.2) is 0 Å². The van der Waals surface area contributed by atoms with Crippen molar-refractivity contribution in [2.45, 2.75) is 0 Å². The first-order chi connectivity index (χ1) is 10.6. The van der Waals surface area contributed by atoms with E-state index < -0.39 is 0 Å². The number of nitrogens with zero attached hydrogens (tertiary/aromatic N) is 2. The van der Waals surface area contributed by atoms with Gasteiger partial charge in [0.05, 0.1) is 13.3 Å². The van der Waals surface area contributed by atoms with Gasteiger partial charge in [-0.15, -0.1) is 0 Å². The number of rotatable bonds is 5. The second-order valence-corrected chi connectivity index (χ2v) is 4.92. The van der Waals surface area contributed by atoms with Crippen molar-refractivity contribution < 1.29 is 9.53 Å². The topological polar surface area (TPSA) is 53.9 Å². The van der Waals surface area contributed by atoms with Gasteiger partial charge in [0.2, 0.25) is 0 Å². The number of carbonyl (C=O) groups is 1. The van der Waals surface area contributed by atoms with Crippen molar-refractivity contribution in [3.63, 3.8) is 0 Å². The summed E-state index contributed by atoms with van der Waals surface area (Å²) in [6.07, 6.45) is 1.61. The van der Waals surface area contributed by atoms with Crippen molar-refractivity contribution in [1.82, 2.24) is 5.43 Å². The van der Waals surface area contributed by atoms with E-state index in [4.69, 9.17) is 4.74 Å². The van der Waals surface area contributed by atoms with E-state index in [-0.39, 0.29) is 5.91 Å². The van der Waals surface area contributed by atoms with Gasteiger partial charge >= 0.3 is 0 Å². The highest BCUT2D eigenvalue weighted by atomic mass is 16.5. The van der Waals surface area contributed by atoms with E-state index in [0.29, 0.717) is 11.3 Å². The second kappa shape index (κ2) is 7.26. The lowest BCUT2D eigenvalue weighted by Gasteiger charge is -2.11. The number of amides is 1. The first-order valence-electron chi connectivity index (χ1n) is 6.85. The Morgan fingerprint density at radius 2 is 1.91 bits per heavy atom. The minimum atomic E-state index is -0.278. The predicted molar refractivity (Wildman–Crippen MR) is 88.8 cm³/mol. The van der Waals surface area contributed by atoms with Crippen LogP contribution in [0.2, 0.25) is 0 Å². The number of methoxy groups -OCH3 is 1. The Balaban J connectivity index is 1.97. The molecule has 0 saturated heterocycles. The molecule has 0 atom stereocenters. The van der Waals surface area contributed by atoms with E-state index in [1.807, 2.05) is 43.3 Å². The SMILES string of the molecule is COc1cccc(C(=O)N/N=C/c2ccc(N(C)C)cc2)c1. The van der Waals surface area contributed by atoms with Gasteiger partial charge < -0.3 is 9.64 Å². The minimum absolute atomic E-state index is 0.278. The van der Waals surface area contributed by atoms with Crippen molar-refractivity contribution in [3.05, 3.63) is 59.7 Å². The number of hydrazone groups is 1. The highest BCUT2D eigenvalue weighted by molar-refractivity contribution is 5.95. The number of ether oxygens (including phenoxy) is 1. The van der Waals surface area contributed by atoms with Crippen LogP contribution in [-0.2, 0) is 0 Å². The molecule has 0 aliphatic carbocycles. The molecule has 0 aliphatic rings. The Bertz CT molecular complexity index is 664. The maximum absolute atomic E-state index is 12.0. The van der Waals surface area contributed by atoms with Crippen molar-refractivity contribution >= 4 is 17.8 Å². The monoisotopic (exact) mass is 297 g/mol. The van der Waals surface area contributed by atoms with Crippen molar-refractivity contribution in [2.24, 2.45) is 5.10 Å². The Kier molecular flexibility index (Phi) is 5.14. The van der Waals surface area contributed by atoms with Gasteiger partial charge in [-0.1, -0.05) is 18.2 Å². The van der Waals surface area contributed by atoms with Crippen LogP contribution in [0.1, 0.15) is 15.9 Å². The maximum atomic E-state index is 12.0. The molecule has 2 aromatic rings. The normalized spacial score (nSPS) is 10.5. The molecule has 0 heterocycles. The predicted octanol–water partition coefficient (Wildman–Crippen LogP) is 2.53. The highest BCUT2D eigenvalue weighted by Gasteiger charge is 2.04. The Morgan fingerprint density at radius 3 is 2.55 bits per heavy atom. The molecule has 5 nitrogen and oxygen atoms in total. The smallest absolute Gasteiger partial charge is 0.271 e. The largest absolute Gasteiger partial charge is 0.497 e. The average Bonchev–Trinajstić information content (AvgIpc) is 2.55. The zero-order chi connectivity index (χ0) is 15.9. The van der Waals surface area contributed by atoms with Gasteiger partial charge in [-0.2, -0.15) is 5.10 Å². The molecule has 0 unspecified atom stereocenters. The summed E-state index contributed by atoms with van der Waals surface area (Å²) in [6, 6.07) is 14.8. The van der Waals surface area contributed by atoms with Gasteiger partial charge in [-0.25, -0.2) is 5.43 Å². The van der Waals surface area contributed by atoms with E-state index in [1.54, 1.807) is 37.6 Å². The zero-order valence-corrected chi connectivity index (χ0v) is 12.9. The Morgan fingerprint density at radius 1 is 1.18 bits per heavy atom. The fourth-order valence-corrected chi connectivity index (χ4v) is 1.85. The molecule has 0 bridgehead atoms. The summed E-state index contributed by atoms with van der Waals surface area (Å²) in [5, 5.41) is 3.97. The molecule has 22 heavy (non-hydrogen) atoms. The zero-order valence-electron chi connectivity index (χ0n) is 12.9. The summed E-state index contributed by atoms with van der Waals surface area (Å²) in [7, 11) is 5.53. The highest BCUT2D eigenvalue weighted by Crippen LogP contribution is 2.12. The molecule has 0 aliphatic heterocycles. The number of nitrogens with one attached hydrogen (secondary N) is 1. The van der Waals surface area contributed by atoms with Crippen LogP contribution in [0, 0.1) is 0 Å². The molecule has 1 amide bonds. The molecular formula is C17H19N3O2. The van der Waals surface area contributed by atoms with E-state index in [1.165, 1.54) is 0 Å². The van der Waals surface area contributed by atoms with Crippen LogP contribution in [0.5, 0.6) is 5.75 Å². The second-order valence-electron chi connectivity index (χ2n) is 4.92. The van der Waals surface area contributed by atoms with Gasteiger partial charge in [0.1, 0.15) is 5.75 Å². The van der Waals surface area contributed by atoms with Gasteiger partial charge in [0.25, 0.3) is 5.91 Å². The quantitative estimate of drug-likeness (QED) is 0.681. The molecule has 2 aromatic carbocycles. The van der Waals surface area contributed by atoms with Crippen LogP contribution >= 0.6 is 0 Å². The third-order valence-corrected chi connectivity index (χ3v) is 3.12. The number of hydrogen-bond donors (Lipinski definition) is 1. The lowest BCUT2D eigenvalue weighted by molar-refractivity contribution is 0.0955. The van der Waals surface area contributed by atoms with E-state index >= 15 is 0 Å². The summed E-state index contributed by atoms with van der Waals surface area (Å²) < 4.78 is 5.09. The number of hydrogen-bond acceptors (Lipinski definition) is 4. The molecule has 0 spiro atoms. The van der Waals surface area contributed by atoms with Crippen LogP contribution < -0.4 is 15.1 Å². The molecule has 1 N–H and O–H groups in total.